The van der Waals surface area contributed by atoms with Gasteiger partial charge in [-0.1, -0.05) is 23.7 Å². The molecule has 1 aromatic heterocycles. The molecule has 1 heterocycles. The van der Waals surface area contributed by atoms with Crippen LogP contribution in [0.4, 0.5) is 11.4 Å². The Balaban J connectivity index is 1.94. The highest BCUT2D eigenvalue weighted by Crippen LogP contribution is 2.22. The van der Waals surface area contributed by atoms with Crippen molar-refractivity contribution in [3.05, 3.63) is 63.4 Å². The number of rotatable bonds is 5. The Morgan fingerprint density at radius 2 is 2.00 bits per heavy atom. The van der Waals surface area contributed by atoms with E-state index in [0.29, 0.717) is 0 Å². The Morgan fingerprint density at radius 3 is 2.65 bits per heavy atom. The van der Waals surface area contributed by atoms with Crippen LogP contribution in [-0.4, -0.2) is 28.4 Å². The minimum absolute atomic E-state index is 0.0201. The van der Waals surface area contributed by atoms with Crippen LogP contribution >= 0.6 is 11.6 Å². The van der Waals surface area contributed by atoms with E-state index in [4.69, 9.17) is 16.3 Å². The summed E-state index contributed by atoms with van der Waals surface area (Å²) in [4.78, 5) is 37.3. The standard InChI is InChI=1S/C14H10ClN3O5/c15-12-6-5-9(7-16-12)14(20)23-8-13(19)17-10-3-1-2-4-11(10)18(21)22/h1-7H,8H2,(H,17,19). The number of nitro groups is 1. The smallest absolute Gasteiger partial charge is 0.340 e. The number of pyridine rings is 1. The van der Waals surface area contributed by atoms with Crippen LogP contribution in [0.1, 0.15) is 10.4 Å². The summed E-state index contributed by atoms with van der Waals surface area (Å²) in [5, 5.41) is 13.4. The third-order valence-electron chi connectivity index (χ3n) is 2.67. The van der Waals surface area contributed by atoms with Crippen LogP contribution in [0.15, 0.2) is 42.6 Å². The van der Waals surface area contributed by atoms with Gasteiger partial charge >= 0.3 is 5.97 Å². The maximum absolute atomic E-state index is 11.7. The number of hydrogen-bond acceptors (Lipinski definition) is 6. The second-order valence-corrected chi connectivity index (χ2v) is 4.66. The summed E-state index contributed by atoms with van der Waals surface area (Å²) in [5.74, 6) is -1.46. The molecule has 0 atom stereocenters. The molecular weight excluding hydrogens is 326 g/mol. The molecule has 23 heavy (non-hydrogen) atoms. The zero-order chi connectivity index (χ0) is 16.8. The first-order valence-corrected chi connectivity index (χ1v) is 6.67. The number of nitrogens with zero attached hydrogens (tertiary/aromatic N) is 2. The number of carbonyl (C=O) groups excluding carboxylic acids is 2. The van der Waals surface area contributed by atoms with Gasteiger partial charge in [0.1, 0.15) is 10.8 Å². The molecule has 0 saturated heterocycles. The highest BCUT2D eigenvalue weighted by molar-refractivity contribution is 6.29. The summed E-state index contributed by atoms with van der Waals surface area (Å²) in [6.45, 7) is -0.590. The third-order valence-corrected chi connectivity index (χ3v) is 2.90. The SMILES string of the molecule is O=C(COC(=O)c1ccc(Cl)nc1)Nc1ccccc1[N+](=O)[O-]. The number of benzene rings is 1. The summed E-state index contributed by atoms with van der Waals surface area (Å²) in [5.41, 5.74) is -0.103. The Bertz CT molecular complexity index is 748. The van der Waals surface area contributed by atoms with Gasteiger partial charge in [-0.3, -0.25) is 14.9 Å². The van der Waals surface area contributed by atoms with E-state index in [0.717, 1.165) is 0 Å². The average Bonchev–Trinajstić information content (AvgIpc) is 2.53. The Labute approximate surface area is 135 Å². The number of carbonyl (C=O) groups is 2. The lowest BCUT2D eigenvalue weighted by Crippen LogP contribution is -2.21. The van der Waals surface area contributed by atoms with Gasteiger partial charge in [0.25, 0.3) is 11.6 Å². The van der Waals surface area contributed by atoms with Gasteiger partial charge < -0.3 is 10.1 Å². The predicted molar refractivity (Wildman–Crippen MR) is 81.3 cm³/mol. The molecule has 9 heteroatoms. The van der Waals surface area contributed by atoms with Crippen molar-refractivity contribution in [3.8, 4) is 0 Å². The fourth-order valence-corrected chi connectivity index (χ4v) is 1.75. The molecule has 0 aliphatic carbocycles. The number of halogens is 1. The van der Waals surface area contributed by atoms with E-state index < -0.39 is 23.4 Å². The molecule has 0 fully saturated rings. The van der Waals surface area contributed by atoms with Crippen molar-refractivity contribution < 1.29 is 19.2 Å². The second kappa shape index (κ2) is 7.32. The van der Waals surface area contributed by atoms with Gasteiger partial charge in [-0.25, -0.2) is 9.78 Å². The molecule has 0 radical (unpaired) electrons. The molecule has 2 rings (SSSR count). The van der Waals surface area contributed by atoms with Gasteiger partial charge in [0.05, 0.1) is 10.5 Å². The number of hydrogen-bond donors (Lipinski definition) is 1. The van der Waals surface area contributed by atoms with Crippen molar-refractivity contribution in [2.24, 2.45) is 0 Å². The molecule has 1 aromatic carbocycles. The van der Waals surface area contributed by atoms with Gasteiger partial charge in [-0.15, -0.1) is 0 Å². The van der Waals surface area contributed by atoms with Gasteiger partial charge in [-0.05, 0) is 18.2 Å². The van der Waals surface area contributed by atoms with Crippen molar-refractivity contribution in [2.75, 3.05) is 11.9 Å². The number of aromatic nitrogens is 1. The molecule has 0 saturated carbocycles. The Hall–Kier alpha value is -3.00. The predicted octanol–water partition coefficient (Wildman–Crippen LogP) is 2.44. The van der Waals surface area contributed by atoms with Gasteiger partial charge in [0, 0.05) is 12.3 Å². The van der Waals surface area contributed by atoms with E-state index >= 15 is 0 Å². The van der Waals surface area contributed by atoms with Crippen molar-refractivity contribution in [1.82, 2.24) is 4.98 Å². The van der Waals surface area contributed by atoms with Gasteiger partial charge in [0.2, 0.25) is 0 Å². The van der Waals surface area contributed by atoms with Crippen molar-refractivity contribution in [2.45, 2.75) is 0 Å². The Kier molecular flexibility index (Phi) is 5.21. The third kappa shape index (κ3) is 4.48. The average molecular weight is 336 g/mol. The lowest BCUT2D eigenvalue weighted by molar-refractivity contribution is -0.383. The topological polar surface area (TPSA) is 111 Å². The van der Waals surface area contributed by atoms with Gasteiger partial charge in [0.15, 0.2) is 6.61 Å². The number of para-hydroxylation sites is 2. The fraction of sp³-hybridized carbons (Fsp3) is 0.0714. The van der Waals surface area contributed by atoms with Crippen LogP contribution in [-0.2, 0) is 9.53 Å². The van der Waals surface area contributed by atoms with E-state index in [1.165, 1.54) is 42.6 Å². The lowest BCUT2D eigenvalue weighted by atomic mass is 10.2. The minimum Gasteiger partial charge on any atom is -0.452 e. The zero-order valence-corrected chi connectivity index (χ0v) is 12.3. The lowest BCUT2D eigenvalue weighted by Gasteiger charge is -2.07. The molecule has 1 amide bonds. The largest absolute Gasteiger partial charge is 0.452 e. The first-order valence-electron chi connectivity index (χ1n) is 6.29. The normalized spacial score (nSPS) is 9.96. The molecule has 1 N–H and O–H groups in total. The number of nitro benzene ring substituents is 1. The van der Waals surface area contributed by atoms with Gasteiger partial charge in [-0.2, -0.15) is 0 Å². The fourth-order valence-electron chi connectivity index (χ4n) is 1.64. The quantitative estimate of drug-likeness (QED) is 0.389. The highest BCUT2D eigenvalue weighted by atomic mass is 35.5. The molecule has 0 bridgehead atoms. The maximum Gasteiger partial charge on any atom is 0.340 e. The van der Waals surface area contributed by atoms with Crippen LogP contribution in [0.25, 0.3) is 0 Å². The summed E-state index contributed by atoms with van der Waals surface area (Å²) >= 11 is 5.59. The van der Waals surface area contributed by atoms with E-state index in [9.17, 15) is 19.7 Å². The van der Waals surface area contributed by atoms with Crippen LogP contribution in [0, 0.1) is 10.1 Å². The first-order chi connectivity index (χ1) is 11.0. The van der Waals surface area contributed by atoms with Crippen molar-refractivity contribution in [1.29, 1.82) is 0 Å². The maximum atomic E-state index is 11.7. The molecule has 0 aliphatic heterocycles. The molecule has 2 aromatic rings. The summed E-state index contributed by atoms with van der Waals surface area (Å²) < 4.78 is 4.80. The van der Waals surface area contributed by atoms with Crippen molar-refractivity contribution >= 4 is 34.9 Å². The number of esters is 1. The molecular formula is C14H10ClN3O5. The minimum atomic E-state index is -0.758. The van der Waals surface area contributed by atoms with E-state index in [1.807, 2.05) is 0 Å². The monoisotopic (exact) mass is 335 g/mol. The van der Waals surface area contributed by atoms with Crippen LogP contribution < -0.4 is 5.32 Å². The van der Waals surface area contributed by atoms with E-state index in [1.54, 1.807) is 0 Å². The Morgan fingerprint density at radius 1 is 1.26 bits per heavy atom. The van der Waals surface area contributed by atoms with Crippen LogP contribution in [0.2, 0.25) is 5.15 Å². The number of ether oxygens (including phenoxy) is 1. The van der Waals surface area contributed by atoms with Crippen LogP contribution in [0.3, 0.4) is 0 Å². The molecule has 0 unspecified atom stereocenters. The number of amides is 1. The second-order valence-electron chi connectivity index (χ2n) is 4.27. The van der Waals surface area contributed by atoms with E-state index in [-0.39, 0.29) is 22.1 Å². The highest BCUT2D eigenvalue weighted by Gasteiger charge is 2.16. The zero-order valence-electron chi connectivity index (χ0n) is 11.6. The summed E-state index contributed by atoms with van der Waals surface area (Å²) in [7, 11) is 0. The molecule has 0 aliphatic rings. The number of anilines is 1. The van der Waals surface area contributed by atoms with E-state index in [2.05, 4.69) is 10.3 Å². The van der Waals surface area contributed by atoms with Crippen LogP contribution in [0.5, 0.6) is 0 Å². The molecule has 0 spiro atoms. The number of nitrogens with one attached hydrogen (secondary N) is 1. The molecule has 8 nitrogen and oxygen atoms in total. The van der Waals surface area contributed by atoms with Crippen molar-refractivity contribution in [3.63, 3.8) is 0 Å². The summed E-state index contributed by atoms with van der Waals surface area (Å²) in [6, 6.07) is 8.44. The molecule has 118 valence electrons. The summed E-state index contributed by atoms with van der Waals surface area (Å²) in [6.07, 6.45) is 1.21. The first kappa shape index (κ1) is 16.4.